The first kappa shape index (κ1) is 30.5. The molecule has 0 unspecified atom stereocenters. The Labute approximate surface area is 203 Å². The first-order valence-corrected chi connectivity index (χ1v) is 11.3. The van der Waals surface area contributed by atoms with Crippen LogP contribution in [0.3, 0.4) is 0 Å². The van der Waals surface area contributed by atoms with Gasteiger partial charge in [0.05, 0.1) is 6.61 Å². The number of hydrogen-bond acceptors (Lipinski definition) is 4. The standard InChI is InChI=1S/C14H18O.C10H12O.C4H7NO3/c1-3-12(10-11-14(15)4-2)13-8-6-5-7-9-13;1-2-9(8-11)10-6-4-3-5-7-10;1-3(6)5-2-4(7)8/h3,5-9H,4,10-11H2,1-2H3;2-7,11H,8H2,1H3;2H2,1H3,(H,5,6)(H,7,8)/b12-3-;9-2-;. The predicted molar refractivity (Wildman–Crippen MR) is 138 cm³/mol. The van der Waals surface area contributed by atoms with Gasteiger partial charge in [0.2, 0.25) is 5.91 Å². The van der Waals surface area contributed by atoms with Crippen LogP contribution < -0.4 is 5.32 Å². The summed E-state index contributed by atoms with van der Waals surface area (Å²) in [6.45, 7) is 6.95. The number of allylic oxidation sites excluding steroid dienone is 3. The lowest BCUT2D eigenvalue weighted by Crippen LogP contribution is -2.26. The van der Waals surface area contributed by atoms with Gasteiger partial charge < -0.3 is 15.5 Å². The topological polar surface area (TPSA) is 104 Å². The molecule has 0 saturated heterocycles. The van der Waals surface area contributed by atoms with E-state index in [1.807, 2.05) is 75.4 Å². The van der Waals surface area contributed by atoms with Crippen LogP contribution in [0.2, 0.25) is 0 Å². The van der Waals surface area contributed by atoms with E-state index >= 15 is 0 Å². The van der Waals surface area contributed by atoms with Crippen molar-refractivity contribution in [1.82, 2.24) is 5.32 Å². The number of carbonyl (C=O) groups is 3. The Bertz CT molecular complexity index is 904. The number of aliphatic hydroxyl groups excluding tert-OH is 1. The second-order valence-electron chi connectivity index (χ2n) is 7.21. The summed E-state index contributed by atoms with van der Waals surface area (Å²) in [4.78, 5) is 30.9. The fraction of sp³-hybridized carbons (Fsp3) is 0.321. The van der Waals surface area contributed by atoms with Gasteiger partial charge in [0.15, 0.2) is 0 Å². The van der Waals surface area contributed by atoms with Gasteiger partial charge in [0.25, 0.3) is 0 Å². The van der Waals surface area contributed by atoms with Crippen LogP contribution in [0, 0.1) is 0 Å². The Morgan fingerprint density at radius 3 is 1.62 bits per heavy atom. The molecule has 2 aromatic rings. The molecule has 0 bridgehead atoms. The molecule has 0 spiro atoms. The van der Waals surface area contributed by atoms with Gasteiger partial charge in [-0.1, -0.05) is 79.7 Å². The van der Waals surface area contributed by atoms with E-state index in [0.717, 1.165) is 17.6 Å². The molecule has 2 rings (SSSR count). The smallest absolute Gasteiger partial charge is 0.322 e. The quantitative estimate of drug-likeness (QED) is 0.474. The normalized spacial score (nSPS) is 10.7. The Balaban J connectivity index is 0.000000507. The molecule has 0 aliphatic heterocycles. The molecule has 0 saturated carbocycles. The van der Waals surface area contributed by atoms with Crippen molar-refractivity contribution >= 4 is 28.8 Å². The number of benzene rings is 2. The van der Waals surface area contributed by atoms with E-state index in [-0.39, 0.29) is 19.1 Å². The highest BCUT2D eigenvalue weighted by molar-refractivity contribution is 5.80. The number of amides is 1. The zero-order valence-electron chi connectivity index (χ0n) is 20.6. The van der Waals surface area contributed by atoms with Gasteiger partial charge in [-0.3, -0.25) is 14.4 Å². The molecule has 0 aromatic heterocycles. The van der Waals surface area contributed by atoms with Gasteiger partial charge in [-0.05, 0) is 42.5 Å². The van der Waals surface area contributed by atoms with Crippen molar-refractivity contribution in [3.63, 3.8) is 0 Å². The molecule has 0 heterocycles. The highest BCUT2D eigenvalue weighted by Gasteiger charge is 2.03. The number of rotatable bonds is 9. The van der Waals surface area contributed by atoms with Gasteiger partial charge >= 0.3 is 5.97 Å². The molecule has 0 aliphatic rings. The van der Waals surface area contributed by atoms with Crippen LogP contribution in [0.15, 0.2) is 72.8 Å². The predicted octanol–water partition coefficient (Wildman–Crippen LogP) is 5.14. The Hall–Kier alpha value is -3.51. The summed E-state index contributed by atoms with van der Waals surface area (Å²) in [6.07, 6.45) is 6.18. The van der Waals surface area contributed by atoms with Crippen LogP contribution in [0.4, 0.5) is 0 Å². The van der Waals surface area contributed by atoms with E-state index in [4.69, 9.17) is 10.2 Å². The monoisotopic (exact) mass is 467 g/mol. The number of ketones is 1. The molecule has 6 heteroatoms. The third kappa shape index (κ3) is 14.5. The second-order valence-corrected chi connectivity index (χ2v) is 7.21. The van der Waals surface area contributed by atoms with Crippen LogP contribution in [0.5, 0.6) is 0 Å². The minimum absolute atomic E-state index is 0.112. The second kappa shape index (κ2) is 19.0. The van der Waals surface area contributed by atoms with Gasteiger partial charge in [-0.15, -0.1) is 0 Å². The van der Waals surface area contributed by atoms with Crippen molar-refractivity contribution < 1.29 is 24.6 Å². The van der Waals surface area contributed by atoms with Crippen molar-refractivity contribution in [2.75, 3.05) is 13.2 Å². The van der Waals surface area contributed by atoms with Crippen molar-refractivity contribution in [2.24, 2.45) is 0 Å². The largest absolute Gasteiger partial charge is 0.480 e. The van der Waals surface area contributed by atoms with E-state index in [1.165, 1.54) is 18.1 Å². The van der Waals surface area contributed by atoms with Crippen LogP contribution in [0.1, 0.15) is 58.1 Å². The summed E-state index contributed by atoms with van der Waals surface area (Å²) in [5, 5.41) is 19.0. The molecule has 2 aromatic carbocycles. The number of aliphatic hydroxyl groups is 1. The highest BCUT2D eigenvalue weighted by atomic mass is 16.4. The van der Waals surface area contributed by atoms with Crippen LogP contribution in [-0.4, -0.2) is 41.0 Å². The number of nitrogens with one attached hydrogen (secondary N) is 1. The van der Waals surface area contributed by atoms with Crippen LogP contribution >= 0.6 is 0 Å². The number of Topliss-reactive ketones (excluding diaryl/α,β-unsaturated/α-hetero) is 1. The average Bonchev–Trinajstić information content (AvgIpc) is 2.86. The van der Waals surface area contributed by atoms with Crippen LogP contribution in [0.25, 0.3) is 11.1 Å². The fourth-order valence-corrected chi connectivity index (χ4v) is 2.76. The lowest BCUT2D eigenvalue weighted by molar-refractivity contribution is -0.137. The van der Waals surface area contributed by atoms with Crippen LogP contribution in [-0.2, 0) is 14.4 Å². The summed E-state index contributed by atoms with van der Waals surface area (Å²) in [7, 11) is 0. The number of carboxylic acids is 1. The molecule has 1 amide bonds. The Morgan fingerprint density at radius 2 is 1.29 bits per heavy atom. The molecule has 34 heavy (non-hydrogen) atoms. The van der Waals surface area contributed by atoms with E-state index in [9.17, 15) is 14.4 Å². The molecule has 184 valence electrons. The minimum Gasteiger partial charge on any atom is -0.480 e. The zero-order valence-corrected chi connectivity index (χ0v) is 20.6. The summed E-state index contributed by atoms with van der Waals surface area (Å²) in [5.41, 5.74) is 4.56. The first-order chi connectivity index (χ1) is 16.3. The van der Waals surface area contributed by atoms with Gasteiger partial charge in [0.1, 0.15) is 12.3 Å². The first-order valence-electron chi connectivity index (χ1n) is 11.3. The van der Waals surface area contributed by atoms with Gasteiger partial charge in [-0.2, -0.15) is 0 Å². The van der Waals surface area contributed by atoms with Gasteiger partial charge in [-0.25, -0.2) is 0 Å². The van der Waals surface area contributed by atoms with Crippen molar-refractivity contribution in [3.05, 3.63) is 83.9 Å². The third-order valence-electron chi connectivity index (χ3n) is 4.71. The summed E-state index contributed by atoms with van der Waals surface area (Å²) >= 11 is 0. The summed E-state index contributed by atoms with van der Waals surface area (Å²) in [6, 6.07) is 20.1. The van der Waals surface area contributed by atoms with Gasteiger partial charge in [0, 0.05) is 19.8 Å². The molecular formula is C28H37NO5. The summed E-state index contributed by atoms with van der Waals surface area (Å²) < 4.78 is 0. The average molecular weight is 468 g/mol. The lowest BCUT2D eigenvalue weighted by Gasteiger charge is -2.06. The van der Waals surface area contributed by atoms with E-state index in [2.05, 4.69) is 23.5 Å². The molecule has 3 N–H and O–H groups in total. The van der Waals surface area contributed by atoms with Crippen molar-refractivity contribution in [3.8, 4) is 0 Å². The maximum Gasteiger partial charge on any atom is 0.322 e. The number of hydrogen-bond donors (Lipinski definition) is 3. The molecule has 6 nitrogen and oxygen atoms in total. The zero-order chi connectivity index (χ0) is 25.8. The molecule has 0 aliphatic carbocycles. The van der Waals surface area contributed by atoms with E-state index in [1.54, 1.807) is 0 Å². The van der Waals surface area contributed by atoms with Crippen molar-refractivity contribution in [2.45, 2.75) is 47.0 Å². The minimum atomic E-state index is -1.03. The SMILES string of the molecule is C/C=C(/CCC(=O)CC)c1ccccc1.C/C=C(/CO)c1ccccc1.CC(=O)NCC(=O)O. The molecule has 0 radical (unpaired) electrons. The number of aliphatic carboxylic acids is 1. The maximum absolute atomic E-state index is 11.2. The molecule has 0 fully saturated rings. The number of carboxylic acid groups (broad SMARTS) is 1. The molecule has 0 atom stereocenters. The van der Waals surface area contributed by atoms with E-state index in [0.29, 0.717) is 18.6 Å². The molecular weight excluding hydrogens is 430 g/mol. The number of carbonyl (C=O) groups excluding carboxylic acids is 2. The van der Waals surface area contributed by atoms with Crippen molar-refractivity contribution in [1.29, 1.82) is 0 Å². The maximum atomic E-state index is 11.2. The Morgan fingerprint density at radius 1 is 0.824 bits per heavy atom. The lowest BCUT2D eigenvalue weighted by atomic mass is 9.99. The third-order valence-corrected chi connectivity index (χ3v) is 4.71. The highest BCUT2D eigenvalue weighted by Crippen LogP contribution is 2.19. The summed E-state index contributed by atoms with van der Waals surface area (Å²) in [5.74, 6) is -1.02. The fourth-order valence-electron chi connectivity index (χ4n) is 2.76. The van der Waals surface area contributed by atoms with E-state index < -0.39 is 5.97 Å². The Kier molecular flexibility index (Phi) is 17.0.